The summed E-state index contributed by atoms with van der Waals surface area (Å²) >= 11 is 2.20. The Balaban J connectivity index is 3.20. The molecule has 0 fully saturated rings. The number of aryl methyl sites for hydroxylation is 2. The van der Waals surface area contributed by atoms with E-state index in [1.165, 1.54) is 0 Å². The van der Waals surface area contributed by atoms with E-state index >= 15 is 0 Å². The minimum absolute atomic E-state index is 0.878. The van der Waals surface area contributed by atoms with Crippen LogP contribution in [0.25, 0.3) is 0 Å². The largest absolute Gasteiger partial charge is 0.492 e. The Morgan fingerprint density at radius 1 is 1.60 bits per heavy atom. The number of ether oxygens (including phenoxy) is 1. The van der Waals surface area contributed by atoms with Crippen LogP contribution in [0.3, 0.4) is 0 Å². The normalized spacial score (nSPS) is 10.0. The minimum Gasteiger partial charge on any atom is -0.492 e. The first-order chi connectivity index (χ1) is 4.66. The monoisotopic (exact) mass is 252 g/mol. The molecule has 0 bridgehead atoms. The molecule has 0 N–H and O–H groups in total. The van der Waals surface area contributed by atoms with E-state index in [2.05, 4.69) is 27.7 Å². The summed E-state index contributed by atoms with van der Waals surface area (Å²) in [5.74, 6) is 0.878. The van der Waals surface area contributed by atoms with Crippen molar-refractivity contribution < 1.29 is 4.74 Å². The minimum atomic E-state index is 0.878. The fraction of sp³-hybridized carbons (Fsp3) is 0.500. The van der Waals surface area contributed by atoms with Gasteiger partial charge in [-0.05, 0) is 29.5 Å². The molecular formula is C6H9IN2O. The van der Waals surface area contributed by atoms with Crippen molar-refractivity contribution in [2.24, 2.45) is 7.05 Å². The summed E-state index contributed by atoms with van der Waals surface area (Å²) in [4.78, 5) is 0. The third-order valence-corrected chi connectivity index (χ3v) is 2.49. The molecule has 4 heteroatoms. The SMILES string of the molecule is COc1c(C)nn(C)c1I. The molecule has 0 atom stereocenters. The van der Waals surface area contributed by atoms with Gasteiger partial charge in [-0.1, -0.05) is 0 Å². The van der Waals surface area contributed by atoms with Gasteiger partial charge in [-0.3, -0.25) is 4.68 Å². The summed E-state index contributed by atoms with van der Waals surface area (Å²) in [5, 5.41) is 4.17. The predicted octanol–water partition coefficient (Wildman–Crippen LogP) is 1.34. The van der Waals surface area contributed by atoms with Gasteiger partial charge in [-0.2, -0.15) is 5.10 Å². The van der Waals surface area contributed by atoms with Gasteiger partial charge < -0.3 is 4.74 Å². The highest BCUT2D eigenvalue weighted by Gasteiger charge is 2.09. The topological polar surface area (TPSA) is 27.1 Å². The molecule has 10 heavy (non-hydrogen) atoms. The molecule has 3 nitrogen and oxygen atoms in total. The zero-order valence-electron chi connectivity index (χ0n) is 6.18. The Hall–Kier alpha value is -0.260. The summed E-state index contributed by atoms with van der Waals surface area (Å²) < 4.78 is 7.95. The van der Waals surface area contributed by atoms with Crippen molar-refractivity contribution in [3.05, 3.63) is 9.39 Å². The maximum Gasteiger partial charge on any atom is 0.173 e. The van der Waals surface area contributed by atoms with E-state index < -0.39 is 0 Å². The Kier molecular flexibility index (Phi) is 2.18. The van der Waals surface area contributed by atoms with Crippen molar-refractivity contribution >= 4 is 22.6 Å². The van der Waals surface area contributed by atoms with Gasteiger partial charge in [0.25, 0.3) is 0 Å². The summed E-state index contributed by atoms with van der Waals surface area (Å²) in [6, 6.07) is 0. The van der Waals surface area contributed by atoms with E-state index in [4.69, 9.17) is 4.74 Å². The highest BCUT2D eigenvalue weighted by atomic mass is 127. The third-order valence-electron chi connectivity index (χ3n) is 1.30. The molecule has 0 radical (unpaired) electrons. The molecule has 0 aliphatic rings. The number of hydrogen-bond donors (Lipinski definition) is 0. The lowest BCUT2D eigenvalue weighted by Gasteiger charge is -1.95. The second kappa shape index (κ2) is 2.77. The van der Waals surface area contributed by atoms with Gasteiger partial charge in [-0.25, -0.2) is 0 Å². The summed E-state index contributed by atoms with van der Waals surface area (Å²) in [6.07, 6.45) is 0. The van der Waals surface area contributed by atoms with Crippen LogP contribution in [0.1, 0.15) is 5.69 Å². The molecule has 1 aromatic heterocycles. The molecule has 0 saturated carbocycles. The van der Waals surface area contributed by atoms with Crippen molar-refractivity contribution in [3.63, 3.8) is 0 Å². The van der Waals surface area contributed by atoms with E-state index in [1.54, 1.807) is 11.8 Å². The molecule has 1 heterocycles. The third kappa shape index (κ3) is 1.12. The Morgan fingerprint density at radius 2 is 2.20 bits per heavy atom. The average Bonchev–Trinajstić information content (AvgIpc) is 2.09. The van der Waals surface area contributed by atoms with Crippen LogP contribution in [0.15, 0.2) is 0 Å². The van der Waals surface area contributed by atoms with Crippen LogP contribution in [0.2, 0.25) is 0 Å². The molecule has 0 aromatic carbocycles. The molecule has 0 aliphatic heterocycles. The molecule has 1 aromatic rings. The molecule has 0 unspecified atom stereocenters. The maximum atomic E-state index is 5.11. The fourth-order valence-corrected chi connectivity index (χ4v) is 1.56. The first kappa shape index (κ1) is 7.84. The zero-order valence-corrected chi connectivity index (χ0v) is 8.34. The van der Waals surface area contributed by atoms with Crippen LogP contribution in [-0.2, 0) is 7.05 Å². The van der Waals surface area contributed by atoms with E-state index in [9.17, 15) is 0 Å². The van der Waals surface area contributed by atoms with E-state index in [1.807, 2.05) is 14.0 Å². The lowest BCUT2D eigenvalue weighted by molar-refractivity contribution is 0.408. The molecule has 0 aliphatic carbocycles. The maximum absolute atomic E-state index is 5.11. The highest BCUT2D eigenvalue weighted by Crippen LogP contribution is 2.22. The van der Waals surface area contributed by atoms with Gasteiger partial charge >= 0.3 is 0 Å². The second-order valence-corrected chi connectivity index (χ2v) is 3.05. The number of methoxy groups -OCH3 is 1. The Bertz CT molecular complexity index is 244. The standard InChI is InChI=1S/C6H9IN2O/c1-4-5(10-3)6(7)9(2)8-4/h1-3H3. The Labute approximate surface area is 73.5 Å². The first-order valence-electron chi connectivity index (χ1n) is 2.90. The van der Waals surface area contributed by atoms with Crippen molar-refractivity contribution in [3.8, 4) is 5.75 Å². The molecule has 56 valence electrons. The van der Waals surface area contributed by atoms with Crippen LogP contribution in [0, 0.1) is 10.6 Å². The average molecular weight is 252 g/mol. The molecular weight excluding hydrogens is 243 g/mol. The number of hydrogen-bond acceptors (Lipinski definition) is 2. The van der Waals surface area contributed by atoms with Gasteiger partial charge in [0.2, 0.25) is 0 Å². The zero-order chi connectivity index (χ0) is 7.72. The number of rotatable bonds is 1. The first-order valence-corrected chi connectivity index (χ1v) is 3.97. The molecule has 0 spiro atoms. The molecule has 1 rings (SSSR count). The van der Waals surface area contributed by atoms with E-state index in [0.717, 1.165) is 15.1 Å². The van der Waals surface area contributed by atoms with Gasteiger partial charge in [-0.15, -0.1) is 0 Å². The highest BCUT2D eigenvalue weighted by molar-refractivity contribution is 14.1. The lowest BCUT2D eigenvalue weighted by Crippen LogP contribution is -1.92. The van der Waals surface area contributed by atoms with Crippen molar-refractivity contribution in [2.45, 2.75) is 6.92 Å². The van der Waals surface area contributed by atoms with Crippen LogP contribution in [0.5, 0.6) is 5.75 Å². The number of nitrogens with zero attached hydrogens (tertiary/aromatic N) is 2. The lowest BCUT2D eigenvalue weighted by atomic mass is 10.4. The van der Waals surface area contributed by atoms with Crippen LogP contribution >= 0.6 is 22.6 Å². The number of aromatic nitrogens is 2. The van der Waals surface area contributed by atoms with Gasteiger partial charge in [0.1, 0.15) is 9.39 Å². The van der Waals surface area contributed by atoms with Crippen LogP contribution in [-0.4, -0.2) is 16.9 Å². The summed E-state index contributed by atoms with van der Waals surface area (Å²) in [6.45, 7) is 1.93. The van der Waals surface area contributed by atoms with Crippen molar-refractivity contribution in [1.29, 1.82) is 0 Å². The smallest absolute Gasteiger partial charge is 0.173 e. The second-order valence-electron chi connectivity index (χ2n) is 2.03. The van der Waals surface area contributed by atoms with Crippen LogP contribution < -0.4 is 4.74 Å². The molecule has 0 saturated heterocycles. The van der Waals surface area contributed by atoms with Gasteiger partial charge in [0.15, 0.2) is 5.75 Å². The Morgan fingerprint density at radius 3 is 2.40 bits per heavy atom. The summed E-state index contributed by atoms with van der Waals surface area (Å²) in [5.41, 5.74) is 0.939. The fourth-order valence-electron chi connectivity index (χ4n) is 0.842. The molecule has 0 amide bonds. The van der Waals surface area contributed by atoms with E-state index in [0.29, 0.717) is 0 Å². The van der Waals surface area contributed by atoms with Crippen LogP contribution in [0.4, 0.5) is 0 Å². The predicted molar refractivity (Wildman–Crippen MR) is 47.2 cm³/mol. The van der Waals surface area contributed by atoms with Crippen molar-refractivity contribution in [1.82, 2.24) is 9.78 Å². The van der Waals surface area contributed by atoms with E-state index in [-0.39, 0.29) is 0 Å². The van der Waals surface area contributed by atoms with Gasteiger partial charge in [0.05, 0.1) is 7.11 Å². The number of halogens is 1. The van der Waals surface area contributed by atoms with Gasteiger partial charge in [0, 0.05) is 7.05 Å². The quantitative estimate of drug-likeness (QED) is 0.705. The van der Waals surface area contributed by atoms with Crippen molar-refractivity contribution in [2.75, 3.05) is 7.11 Å². The summed E-state index contributed by atoms with van der Waals surface area (Å²) in [7, 11) is 3.56.